The molecule has 0 N–H and O–H groups in total. The molecule has 196 valence electrons. The van der Waals surface area contributed by atoms with Gasteiger partial charge in [-0.1, -0.05) is 76.6 Å². The van der Waals surface area contributed by atoms with Gasteiger partial charge in [-0.3, -0.25) is 4.79 Å². The molecule has 0 saturated carbocycles. The number of likely N-dealkylation sites (tertiary alicyclic amines) is 1. The van der Waals surface area contributed by atoms with E-state index in [-0.39, 0.29) is 11.9 Å². The number of piperidine rings is 1. The van der Waals surface area contributed by atoms with Gasteiger partial charge in [0.2, 0.25) is 0 Å². The maximum Gasteiger partial charge on any atom is 0.254 e. The summed E-state index contributed by atoms with van der Waals surface area (Å²) in [6, 6.07) is 16.8. The first-order valence-electron chi connectivity index (χ1n) is 13.9. The van der Waals surface area contributed by atoms with Gasteiger partial charge in [0.15, 0.2) is 0 Å². The number of carbonyl (C=O) groups is 1. The molecule has 2 aromatic carbocycles. The molecule has 36 heavy (non-hydrogen) atoms. The van der Waals surface area contributed by atoms with Gasteiger partial charge in [-0.25, -0.2) is 0 Å². The van der Waals surface area contributed by atoms with E-state index >= 15 is 0 Å². The van der Waals surface area contributed by atoms with Crippen LogP contribution in [0.1, 0.15) is 86.3 Å². The number of benzene rings is 2. The first-order valence-corrected chi connectivity index (χ1v) is 13.9. The number of hydrogen-bond acceptors (Lipinski definition) is 3. The number of rotatable bonds is 13. The molecule has 0 aromatic heterocycles. The molecule has 2 aromatic rings. The van der Waals surface area contributed by atoms with Crippen LogP contribution in [0.4, 0.5) is 0 Å². The fourth-order valence-electron chi connectivity index (χ4n) is 4.93. The smallest absolute Gasteiger partial charge is 0.254 e. The van der Waals surface area contributed by atoms with E-state index in [9.17, 15) is 4.79 Å². The largest absolute Gasteiger partial charge is 0.497 e. The summed E-state index contributed by atoms with van der Waals surface area (Å²) in [5.74, 6) is 1.52. The lowest BCUT2D eigenvalue weighted by Gasteiger charge is -2.39. The number of ether oxygens (including phenoxy) is 1. The van der Waals surface area contributed by atoms with E-state index in [1.807, 2.05) is 24.3 Å². The first-order chi connectivity index (χ1) is 17.4. The topological polar surface area (TPSA) is 32.8 Å². The monoisotopic (exact) mass is 490 g/mol. The van der Waals surface area contributed by atoms with Crippen molar-refractivity contribution in [1.82, 2.24) is 9.80 Å². The van der Waals surface area contributed by atoms with Crippen molar-refractivity contribution in [3.8, 4) is 0 Å². The van der Waals surface area contributed by atoms with Gasteiger partial charge in [-0.2, -0.15) is 0 Å². The van der Waals surface area contributed by atoms with Gasteiger partial charge in [0.25, 0.3) is 5.91 Å². The zero-order chi connectivity index (χ0) is 25.9. The second-order valence-electron chi connectivity index (χ2n) is 10.7. The van der Waals surface area contributed by atoms with Gasteiger partial charge < -0.3 is 14.5 Å². The number of aryl methyl sites for hydroxylation is 1. The summed E-state index contributed by atoms with van der Waals surface area (Å²) in [6.45, 7) is 14.6. The quantitative estimate of drug-likeness (QED) is 0.220. The molecule has 1 fully saturated rings. The number of methoxy groups -OCH3 is 1. The van der Waals surface area contributed by atoms with Crippen LogP contribution in [0.15, 0.2) is 55.1 Å². The molecule has 1 heterocycles. The van der Waals surface area contributed by atoms with Gasteiger partial charge in [-0.05, 0) is 67.8 Å². The third-order valence-corrected chi connectivity index (χ3v) is 7.43. The Balaban J connectivity index is 1.73. The van der Waals surface area contributed by atoms with E-state index in [2.05, 4.69) is 61.4 Å². The molecule has 0 spiro atoms. The lowest BCUT2D eigenvalue weighted by atomic mass is 9.99. The molecule has 3 rings (SSSR count). The lowest BCUT2D eigenvalue weighted by molar-refractivity contribution is 0.0546. The highest BCUT2D eigenvalue weighted by Crippen LogP contribution is 2.24. The van der Waals surface area contributed by atoms with Crippen molar-refractivity contribution in [2.24, 2.45) is 5.92 Å². The van der Waals surface area contributed by atoms with Crippen molar-refractivity contribution in [3.63, 3.8) is 0 Å². The molecule has 1 saturated heterocycles. The van der Waals surface area contributed by atoms with Crippen molar-refractivity contribution in [1.29, 1.82) is 0 Å². The summed E-state index contributed by atoms with van der Waals surface area (Å²) in [5.41, 5.74) is 4.21. The van der Waals surface area contributed by atoms with Crippen molar-refractivity contribution in [2.45, 2.75) is 78.3 Å². The maximum atomic E-state index is 13.8. The molecule has 0 atom stereocenters. The van der Waals surface area contributed by atoms with E-state index in [0.29, 0.717) is 12.3 Å². The Kier molecular flexibility index (Phi) is 11.1. The minimum Gasteiger partial charge on any atom is -0.497 e. The van der Waals surface area contributed by atoms with Gasteiger partial charge >= 0.3 is 0 Å². The summed E-state index contributed by atoms with van der Waals surface area (Å²) in [4.78, 5) is 18.5. The van der Waals surface area contributed by atoms with Crippen LogP contribution in [0.25, 0.3) is 5.76 Å². The summed E-state index contributed by atoms with van der Waals surface area (Å²) in [7, 11) is 1.64. The molecule has 4 nitrogen and oxygen atoms in total. The molecule has 4 heteroatoms. The van der Waals surface area contributed by atoms with Crippen LogP contribution in [0.5, 0.6) is 0 Å². The highest BCUT2D eigenvalue weighted by Gasteiger charge is 2.29. The van der Waals surface area contributed by atoms with Crippen molar-refractivity contribution in [2.75, 3.05) is 26.7 Å². The third kappa shape index (κ3) is 8.23. The molecule has 1 aliphatic rings. The zero-order valence-corrected chi connectivity index (χ0v) is 23.0. The fourth-order valence-corrected chi connectivity index (χ4v) is 4.93. The maximum absolute atomic E-state index is 13.8. The molecule has 0 bridgehead atoms. The second kappa shape index (κ2) is 14.2. The van der Waals surface area contributed by atoms with E-state index in [4.69, 9.17) is 4.74 Å². The van der Waals surface area contributed by atoms with Crippen LogP contribution in [-0.4, -0.2) is 48.5 Å². The van der Waals surface area contributed by atoms with Crippen molar-refractivity contribution >= 4 is 11.7 Å². The van der Waals surface area contributed by atoms with E-state index < -0.39 is 0 Å². The summed E-state index contributed by atoms with van der Waals surface area (Å²) >= 11 is 0. The Morgan fingerprint density at radius 1 is 1.00 bits per heavy atom. The summed E-state index contributed by atoms with van der Waals surface area (Å²) in [6.07, 6.45) is 8.05. The molecular weight excluding hydrogens is 444 g/mol. The highest BCUT2D eigenvalue weighted by molar-refractivity contribution is 5.94. The average Bonchev–Trinajstić information content (AvgIpc) is 2.91. The fraction of sp³-hybridized carbons (Fsp3) is 0.531. The number of nitrogens with zero attached hydrogens (tertiary/aromatic N) is 2. The Morgan fingerprint density at radius 2 is 1.61 bits per heavy atom. The zero-order valence-electron chi connectivity index (χ0n) is 23.0. The molecule has 0 aliphatic carbocycles. The van der Waals surface area contributed by atoms with Crippen LogP contribution in [-0.2, 0) is 17.7 Å². The predicted octanol–water partition coefficient (Wildman–Crippen LogP) is 7.19. The SMILES string of the molecule is C=C(OC)c1ccc(CN(C(=O)c2ccc(CCCCC)cc2)C2CCN(CCC(C)C)CC2)cc1. The molecule has 0 unspecified atom stereocenters. The Hall–Kier alpha value is -2.59. The van der Waals surface area contributed by atoms with Crippen LogP contribution in [0, 0.1) is 5.92 Å². The predicted molar refractivity (Wildman–Crippen MR) is 151 cm³/mol. The first kappa shape index (κ1) is 28.0. The average molecular weight is 491 g/mol. The molecule has 1 amide bonds. The van der Waals surface area contributed by atoms with Gasteiger partial charge in [0, 0.05) is 36.8 Å². The van der Waals surface area contributed by atoms with Crippen LogP contribution >= 0.6 is 0 Å². The van der Waals surface area contributed by atoms with E-state index in [1.54, 1.807) is 7.11 Å². The minimum atomic E-state index is 0.140. The molecular formula is C32H46N2O2. The number of carbonyl (C=O) groups excluding carboxylic acids is 1. The normalized spacial score (nSPS) is 14.7. The number of hydrogen-bond donors (Lipinski definition) is 0. The van der Waals surface area contributed by atoms with Gasteiger partial charge in [-0.15, -0.1) is 0 Å². The van der Waals surface area contributed by atoms with Crippen molar-refractivity contribution in [3.05, 3.63) is 77.4 Å². The third-order valence-electron chi connectivity index (χ3n) is 7.43. The van der Waals surface area contributed by atoms with E-state index in [1.165, 1.54) is 31.2 Å². The number of amides is 1. The second-order valence-corrected chi connectivity index (χ2v) is 10.7. The van der Waals surface area contributed by atoms with Crippen LogP contribution in [0.3, 0.4) is 0 Å². The summed E-state index contributed by atoms with van der Waals surface area (Å²) < 4.78 is 5.27. The van der Waals surface area contributed by atoms with Gasteiger partial charge in [0.05, 0.1) is 7.11 Å². The summed E-state index contributed by atoms with van der Waals surface area (Å²) in [5, 5.41) is 0. The van der Waals surface area contributed by atoms with Crippen LogP contribution < -0.4 is 0 Å². The van der Waals surface area contributed by atoms with Crippen LogP contribution in [0.2, 0.25) is 0 Å². The Labute approximate surface area is 219 Å². The standard InChI is InChI=1S/C32H46N2O2/c1-6-7-8-9-27-10-16-30(17-11-27)32(35)34(24-28-12-14-29(15-13-28)26(4)36-5)31-19-22-33(23-20-31)21-18-25(2)3/h10-17,25,31H,4,6-9,18-24H2,1-3,5H3. The Bertz CT molecular complexity index is 941. The molecule has 1 aliphatic heterocycles. The highest BCUT2D eigenvalue weighted by atomic mass is 16.5. The Morgan fingerprint density at radius 3 is 2.19 bits per heavy atom. The molecule has 0 radical (unpaired) electrons. The van der Waals surface area contributed by atoms with E-state index in [0.717, 1.165) is 61.5 Å². The number of unbranched alkanes of at least 4 members (excludes halogenated alkanes) is 2. The minimum absolute atomic E-state index is 0.140. The van der Waals surface area contributed by atoms with Gasteiger partial charge in [0.1, 0.15) is 5.76 Å². The lowest BCUT2D eigenvalue weighted by Crippen LogP contribution is -2.47. The van der Waals surface area contributed by atoms with Crippen molar-refractivity contribution < 1.29 is 9.53 Å².